The van der Waals surface area contributed by atoms with Gasteiger partial charge in [0.1, 0.15) is 12.4 Å². The molecule has 0 amide bonds. The number of pyridine rings is 1. The quantitative estimate of drug-likeness (QED) is 0.315. The van der Waals surface area contributed by atoms with Gasteiger partial charge in [-0.25, -0.2) is 0 Å². The summed E-state index contributed by atoms with van der Waals surface area (Å²) in [5, 5.41) is 19.5. The van der Waals surface area contributed by atoms with Gasteiger partial charge in [-0.3, -0.25) is 9.78 Å². The molecule has 2 N–H and O–H groups in total. The Labute approximate surface area is 221 Å². The summed E-state index contributed by atoms with van der Waals surface area (Å²) in [6, 6.07) is 14.9. The summed E-state index contributed by atoms with van der Waals surface area (Å²) in [6.07, 6.45) is 4.71. The number of aromatic nitrogens is 1. The van der Waals surface area contributed by atoms with E-state index >= 15 is 0 Å². The van der Waals surface area contributed by atoms with Crippen LogP contribution in [0.4, 0.5) is 0 Å². The fourth-order valence-electron chi connectivity index (χ4n) is 4.95. The lowest BCUT2D eigenvalue weighted by Crippen LogP contribution is -2.32. The predicted octanol–water partition coefficient (Wildman–Crippen LogP) is 6.88. The normalized spacial score (nSPS) is 12.9. The van der Waals surface area contributed by atoms with Crippen molar-refractivity contribution in [2.24, 2.45) is 5.41 Å². The summed E-state index contributed by atoms with van der Waals surface area (Å²) < 4.78 is 5.99. The molecule has 3 rings (SSSR count). The Morgan fingerprint density at radius 2 is 1.57 bits per heavy atom. The Kier molecular flexibility index (Phi) is 8.80. The second-order valence-corrected chi connectivity index (χ2v) is 11.1. The maximum absolute atomic E-state index is 11.1. The van der Waals surface area contributed by atoms with Crippen LogP contribution in [0.5, 0.6) is 5.75 Å². The number of hydrogen-bond acceptors (Lipinski definition) is 4. The summed E-state index contributed by atoms with van der Waals surface area (Å²) in [7, 11) is 0. The van der Waals surface area contributed by atoms with Crippen LogP contribution in [0, 0.1) is 19.3 Å². The van der Waals surface area contributed by atoms with Gasteiger partial charge in [0.2, 0.25) is 0 Å². The number of hydrogen-bond donors (Lipinski definition) is 2. The second kappa shape index (κ2) is 11.5. The van der Waals surface area contributed by atoms with Crippen LogP contribution >= 0.6 is 0 Å². The van der Waals surface area contributed by atoms with Gasteiger partial charge in [-0.1, -0.05) is 65.0 Å². The van der Waals surface area contributed by atoms with E-state index in [2.05, 4.69) is 63.0 Å². The van der Waals surface area contributed by atoms with Crippen LogP contribution in [0.3, 0.4) is 0 Å². The predicted molar refractivity (Wildman–Crippen MR) is 149 cm³/mol. The number of benzene rings is 2. The minimum Gasteiger partial charge on any atom is -0.491 e. The fourth-order valence-corrected chi connectivity index (χ4v) is 4.95. The van der Waals surface area contributed by atoms with E-state index < -0.39 is 12.1 Å². The highest BCUT2D eigenvalue weighted by Crippen LogP contribution is 2.41. The van der Waals surface area contributed by atoms with Crippen LogP contribution in [0.2, 0.25) is 0 Å². The Balaban J connectivity index is 1.94. The molecule has 0 spiro atoms. The molecule has 1 aromatic heterocycles. The van der Waals surface area contributed by atoms with E-state index in [0.717, 1.165) is 40.8 Å². The molecule has 198 valence electrons. The van der Waals surface area contributed by atoms with E-state index in [9.17, 15) is 9.90 Å². The van der Waals surface area contributed by atoms with Gasteiger partial charge in [-0.15, -0.1) is 0 Å². The monoisotopic (exact) mass is 503 g/mol. The van der Waals surface area contributed by atoms with E-state index in [-0.39, 0.29) is 23.9 Å². The average molecular weight is 504 g/mol. The molecule has 0 saturated heterocycles. The van der Waals surface area contributed by atoms with Crippen molar-refractivity contribution in [3.05, 3.63) is 82.7 Å². The molecule has 5 nitrogen and oxygen atoms in total. The number of aryl methyl sites for hydroxylation is 2. The Bertz CT molecular complexity index is 1240. The minimum absolute atomic E-state index is 0.0407. The number of carboxylic acid groups (broad SMARTS) is 1. The van der Waals surface area contributed by atoms with Crippen molar-refractivity contribution >= 4 is 5.97 Å². The van der Waals surface area contributed by atoms with E-state index in [1.165, 1.54) is 11.1 Å². The Morgan fingerprint density at radius 1 is 0.946 bits per heavy atom. The number of nitrogens with zero attached hydrogens (tertiary/aromatic N) is 1. The molecule has 37 heavy (non-hydrogen) atoms. The van der Waals surface area contributed by atoms with Gasteiger partial charge in [0.05, 0.1) is 12.5 Å². The van der Waals surface area contributed by atoms with Crippen molar-refractivity contribution in [1.82, 2.24) is 4.98 Å². The zero-order valence-corrected chi connectivity index (χ0v) is 23.3. The number of rotatable bonds is 10. The minimum atomic E-state index is -0.862. The van der Waals surface area contributed by atoms with Gasteiger partial charge in [-0.2, -0.15) is 0 Å². The molecule has 0 aliphatic rings. The summed E-state index contributed by atoms with van der Waals surface area (Å²) in [4.78, 5) is 15.4. The first kappa shape index (κ1) is 28.4. The van der Waals surface area contributed by atoms with Crippen molar-refractivity contribution in [3.8, 4) is 16.9 Å². The zero-order chi connectivity index (χ0) is 27.4. The number of carboxylic acids is 1. The lowest BCUT2D eigenvalue weighted by atomic mass is 9.69. The summed E-state index contributed by atoms with van der Waals surface area (Å²) >= 11 is 0. The van der Waals surface area contributed by atoms with Gasteiger partial charge in [0.15, 0.2) is 0 Å². The highest BCUT2D eigenvalue weighted by atomic mass is 16.5. The molecule has 3 aromatic rings. The van der Waals surface area contributed by atoms with E-state index in [0.29, 0.717) is 5.56 Å². The van der Waals surface area contributed by atoms with Crippen LogP contribution in [0.1, 0.15) is 75.3 Å². The van der Waals surface area contributed by atoms with Crippen LogP contribution in [0.15, 0.2) is 54.9 Å². The van der Waals surface area contributed by atoms with E-state index in [4.69, 9.17) is 9.84 Å². The molecule has 0 aliphatic heterocycles. The topological polar surface area (TPSA) is 79.7 Å². The maximum Gasteiger partial charge on any atom is 0.307 e. The first-order valence-electron chi connectivity index (χ1n) is 13.1. The number of aliphatic hydroxyl groups excluding tert-OH is 1. The standard InChI is InChI=1S/C32H41NO4/c1-8-32(9-2,26-11-13-28(22(4)15-26)37-20-29(34)31(5,6)7)25-10-12-27(21(3)14-25)24-16-23(17-30(35)36)18-33-19-24/h10-16,18-19,29,34H,8-9,17,20H2,1-7H3,(H,35,36). The van der Waals surface area contributed by atoms with Crippen LogP contribution < -0.4 is 4.74 Å². The van der Waals surface area contributed by atoms with Gasteiger partial charge in [-0.05, 0) is 77.6 Å². The van der Waals surface area contributed by atoms with Gasteiger partial charge in [0, 0.05) is 23.4 Å². The van der Waals surface area contributed by atoms with Gasteiger partial charge >= 0.3 is 5.97 Å². The van der Waals surface area contributed by atoms with Gasteiger partial charge < -0.3 is 14.9 Å². The molecule has 0 radical (unpaired) electrons. The molecule has 0 fully saturated rings. The smallest absolute Gasteiger partial charge is 0.307 e. The molecule has 1 heterocycles. The largest absolute Gasteiger partial charge is 0.491 e. The maximum atomic E-state index is 11.1. The molecular weight excluding hydrogens is 462 g/mol. The molecule has 1 atom stereocenters. The van der Waals surface area contributed by atoms with Crippen molar-refractivity contribution in [3.63, 3.8) is 0 Å². The third-order valence-corrected chi connectivity index (χ3v) is 7.57. The molecule has 0 saturated carbocycles. The lowest BCUT2D eigenvalue weighted by molar-refractivity contribution is -0.136. The summed E-state index contributed by atoms with van der Waals surface area (Å²) in [6.45, 7) is 14.9. The van der Waals surface area contributed by atoms with Crippen molar-refractivity contribution < 1.29 is 19.7 Å². The average Bonchev–Trinajstić information content (AvgIpc) is 2.83. The number of carbonyl (C=O) groups is 1. The molecular formula is C32H41NO4. The molecule has 2 aromatic carbocycles. The highest BCUT2D eigenvalue weighted by Gasteiger charge is 2.32. The van der Waals surface area contributed by atoms with Gasteiger partial charge in [0.25, 0.3) is 0 Å². The van der Waals surface area contributed by atoms with E-state index in [1.54, 1.807) is 12.4 Å². The lowest BCUT2D eigenvalue weighted by Gasteiger charge is -2.34. The number of ether oxygens (including phenoxy) is 1. The number of aliphatic carboxylic acids is 1. The Hall–Kier alpha value is -3.18. The number of aliphatic hydroxyl groups is 1. The highest BCUT2D eigenvalue weighted by molar-refractivity contribution is 5.72. The van der Waals surface area contributed by atoms with Crippen molar-refractivity contribution in [2.45, 2.75) is 79.2 Å². The van der Waals surface area contributed by atoms with Crippen LogP contribution in [0.25, 0.3) is 11.1 Å². The zero-order valence-electron chi connectivity index (χ0n) is 23.3. The second-order valence-electron chi connectivity index (χ2n) is 11.1. The molecule has 5 heteroatoms. The van der Waals surface area contributed by atoms with Crippen molar-refractivity contribution in [2.75, 3.05) is 6.61 Å². The Morgan fingerprint density at radius 3 is 2.11 bits per heavy atom. The molecule has 0 bridgehead atoms. The third-order valence-electron chi connectivity index (χ3n) is 7.57. The van der Waals surface area contributed by atoms with Crippen molar-refractivity contribution in [1.29, 1.82) is 0 Å². The third kappa shape index (κ3) is 6.40. The summed E-state index contributed by atoms with van der Waals surface area (Å²) in [5.41, 5.74) is 6.98. The SMILES string of the molecule is CCC(CC)(c1ccc(OCC(O)C(C)(C)C)c(C)c1)c1ccc(-c2cncc(CC(=O)O)c2)c(C)c1. The summed E-state index contributed by atoms with van der Waals surface area (Å²) in [5.74, 6) is -0.0628. The molecule has 0 aliphatic carbocycles. The van der Waals surface area contributed by atoms with E-state index in [1.807, 2.05) is 32.9 Å². The fraction of sp³-hybridized carbons (Fsp3) is 0.438. The van der Waals surface area contributed by atoms with Crippen LogP contribution in [-0.2, 0) is 16.6 Å². The van der Waals surface area contributed by atoms with Crippen LogP contribution in [-0.4, -0.2) is 33.9 Å². The first-order valence-corrected chi connectivity index (χ1v) is 13.1. The molecule has 1 unspecified atom stereocenters. The first-order chi connectivity index (χ1) is 17.4.